The van der Waals surface area contributed by atoms with Crippen molar-refractivity contribution in [2.75, 3.05) is 5.32 Å². The maximum absolute atomic E-state index is 5.76. The molecule has 0 aliphatic carbocycles. The maximum atomic E-state index is 5.76. The van der Waals surface area contributed by atoms with E-state index in [0.717, 1.165) is 22.7 Å². The molecule has 0 aliphatic rings. The second-order valence-electron chi connectivity index (χ2n) is 5.38. The number of rotatable bonds is 3. The summed E-state index contributed by atoms with van der Waals surface area (Å²) in [7, 11) is 0. The van der Waals surface area contributed by atoms with Crippen LogP contribution in [0.25, 0.3) is 17.2 Å². The van der Waals surface area contributed by atoms with Gasteiger partial charge in [0.2, 0.25) is 0 Å². The van der Waals surface area contributed by atoms with Gasteiger partial charge in [-0.05, 0) is 38.1 Å². The smallest absolute Gasteiger partial charge is 0.320 e. The van der Waals surface area contributed by atoms with E-state index in [1.54, 1.807) is 0 Å². The third-order valence-corrected chi connectivity index (χ3v) is 3.63. The summed E-state index contributed by atoms with van der Waals surface area (Å²) in [5.74, 6) is 0.441. The summed E-state index contributed by atoms with van der Waals surface area (Å²) in [6.45, 7) is 3.97. The second kappa shape index (κ2) is 5.24. The van der Waals surface area contributed by atoms with E-state index in [1.165, 1.54) is 5.56 Å². The Morgan fingerprint density at radius 2 is 1.83 bits per heavy atom. The summed E-state index contributed by atoms with van der Waals surface area (Å²) in [5, 5.41) is 11.3. The molecule has 4 rings (SSSR count). The van der Waals surface area contributed by atoms with Crippen LogP contribution in [-0.2, 0) is 0 Å². The fourth-order valence-electron chi connectivity index (χ4n) is 2.50. The zero-order chi connectivity index (χ0) is 15.8. The van der Waals surface area contributed by atoms with Gasteiger partial charge in [-0.25, -0.2) is 4.98 Å². The number of pyridine rings is 1. The minimum absolute atomic E-state index is 0.356. The van der Waals surface area contributed by atoms with Crippen molar-refractivity contribution in [1.29, 1.82) is 0 Å². The highest BCUT2D eigenvalue weighted by Crippen LogP contribution is 2.26. The van der Waals surface area contributed by atoms with Gasteiger partial charge in [0.25, 0.3) is 5.89 Å². The molecule has 6 heteroatoms. The SMILES string of the molecule is Cc1ccc(Nc2nnc(-c3c(C)nc4ccccn34)o2)cc1. The van der Waals surface area contributed by atoms with Gasteiger partial charge in [-0.3, -0.25) is 4.40 Å². The summed E-state index contributed by atoms with van der Waals surface area (Å²) >= 11 is 0. The van der Waals surface area contributed by atoms with E-state index in [0.29, 0.717) is 11.9 Å². The molecule has 3 aromatic heterocycles. The predicted octanol–water partition coefficient (Wildman–Crippen LogP) is 3.74. The minimum atomic E-state index is 0.356. The van der Waals surface area contributed by atoms with Crippen LogP contribution in [0.1, 0.15) is 11.3 Å². The Morgan fingerprint density at radius 1 is 1.00 bits per heavy atom. The Bertz CT molecular complexity index is 968. The van der Waals surface area contributed by atoms with Crippen LogP contribution < -0.4 is 5.32 Å². The monoisotopic (exact) mass is 305 g/mol. The Hall–Kier alpha value is -3.15. The van der Waals surface area contributed by atoms with Crippen molar-refractivity contribution in [3.8, 4) is 11.6 Å². The van der Waals surface area contributed by atoms with E-state index in [1.807, 2.05) is 66.9 Å². The first-order valence-electron chi connectivity index (χ1n) is 7.32. The fraction of sp³-hybridized carbons (Fsp3) is 0.118. The van der Waals surface area contributed by atoms with Crippen LogP contribution >= 0.6 is 0 Å². The number of benzene rings is 1. The van der Waals surface area contributed by atoms with Crippen molar-refractivity contribution in [3.05, 3.63) is 59.9 Å². The first-order valence-corrected chi connectivity index (χ1v) is 7.32. The van der Waals surface area contributed by atoms with Crippen LogP contribution in [0.3, 0.4) is 0 Å². The topological polar surface area (TPSA) is 68.2 Å². The van der Waals surface area contributed by atoms with Gasteiger partial charge in [-0.2, -0.15) is 0 Å². The molecule has 1 aromatic carbocycles. The average molecular weight is 305 g/mol. The molecule has 3 heterocycles. The molecule has 0 fully saturated rings. The van der Waals surface area contributed by atoms with Crippen LogP contribution in [-0.4, -0.2) is 19.6 Å². The van der Waals surface area contributed by atoms with Gasteiger partial charge in [0.1, 0.15) is 11.3 Å². The molecule has 23 heavy (non-hydrogen) atoms. The molecule has 0 spiro atoms. The van der Waals surface area contributed by atoms with E-state index in [9.17, 15) is 0 Å². The number of aryl methyl sites for hydroxylation is 2. The molecule has 0 aliphatic heterocycles. The zero-order valence-electron chi connectivity index (χ0n) is 12.8. The predicted molar refractivity (Wildman–Crippen MR) is 87.7 cm³/mol. The molecular formula is C17H15N5O. The molecule has 0 radical (unpaired) electrons. The van der Waals surface area contributed by atoms with Crippen LogP contribution in [0, 0.1) is 13.8 Å². The molecule has 0 unspecified atom stereocenters. The standard InChI is InChI=1S/C17H15N5O/c1-11-6-8-13(9-7-11)19-17-21-20-16(23-17)15-12(2)18-14-5-3-4-10-22(14)15/h3-10H,1-2H3,(H,19,21). The Morgan fingerprint density at radius 3 is 2.65 bits per heavy atom. The van der Waals surface area contributed by atoms with Crippen LogP contribution in [0.15, 0.2) is 53.1 Å². The molecule has 4 aromatic rings. The number of nitrogens with zero attached hydrogens (tertiary/aromatic N) is 4. The third-order valence-electron chi connectivity index (χ3n) is 3.63. The van der Waals surface area contributed by atoms with Gasteiger partial charge in [-0.1, -0.05) is 28.9 Å². The summed E-state index contributed by atoms with van der Waals surface area (Å²) in [6.07, 6.45) is 1.93. The first kappa shape index (κ1) is 13.5. The van der Waals surface area contributed by atoms with Gasteiger partial charge >= 0.3 is 6.01 Å². The molecule has 0 saturated heterocycles. The number of anilines is 2. The zero-order valence-corrected chi connectivity index (χ0v) is 12.8. The molecule has 0 atom stereocenters. The van der Waals surface area contributed by atoms with Gasteiger partial charge < -0.3 is 9.73 Å². The Balaban J connectivity index is 1.69. The highest BCUT2D eigenvalue weighted by molar-refractivity contribution is 5.61. The van der Waals surface area contributed by atoms with Gasteiger partial charge in [0.15, 0.2) is 0 Å². The number of aromatic nitrogens is 4. The van der Waals surface area contributed by atoms with Gasteiger partial charge in [0, 0.05) is 11.9 Å². The highest BCUT2D eigenvalue weighted by atomic mass is 16.4. The van der Waals surface area contributed by atoms with Crippen LogP contribution in [0.2, 0.25) is 0 Å². The van der Waals surface area contributed by atoms with E-state index < -0.39 is 0 Å². The molecule has 1 N–H and O–H groups in total. The molecular weight excluding hydrogens is 290 g/mol. The van der Waals surface area contributed by atoms with E-state index in [4.69, 9.17) is 4.42 Å². The molecule has 0 saturated carbocycles. The largest absolute Gasteiger partial charge is 0.401 e. The summed E-state index contributed by atoms with van der Waals surface area (Å²) in [4.78, 5) is 4.51. The first-order chi connectivity index (χ1) is 11.2. The number of fused-ring (bicyclic) bond motifs is 1. The summed E-state index contributed by atoms with van der Waals surface area (Å²) in [5.41, 5.74) is 4.61. The number of nitrogens with one attached hydrogen (secondary N) is 1. The Labute approximate surface area is 132 Å². The van der Waals surface area contributed by atoms with Crippen molar-refractivity contribution in [2.24, 2.45) is 0 Å². The maximum Gasteiger partial charge on any atom is 0.320 e. The quantitative estimate of drug-likeness (QED) is 0.624. The van der Waals surface area contributed by atoms with E-state index in [-0.39, 0.29) is 0 Å². The Kier molecular flexibility index (Phi) is 3.08. The lowest BCUT2D eigenvalue weighted by Crippen LogP contribution is -1.89. The van der Waals surface area contributed by atoms with Crippen molar-refractivity contribution < 1.29 is 4.42 Å². The summed E-state index contributed by atoms with van der Waals surface area (Å²) in [6, 6.07) is 14.2. The highest BCUT2D eigenvalue weighted by Gasteiger charge is 2.17. The number of hydrogen-bond acceptors (Lipinski definition) is 5. The molecule has 114 valence electrons. The normalized spacial score (nSPS) is 11.0. The van der Waals surface area contributed by atoms with Crippen molar-refractivity contribution >= 4 is 17.3 Å². The van der Waals surface area contributed by atoms with E-state index >= 15 is 0 Å². The van der Waals surface area contributed by atoms with Crippen molar-refractivity contribution in [1.82, 2.24) is 19.6 Å². The second-order valence-corrected chi connectivity index (χ2v) is 5.38. The van der Waals surface area contributed by atoms with Crippen molar-refractivity contribution in [2.45, 2.75) is 13.8 Å². The van der Waals surface area contributed by atoms with Crippen LogP contribution in [0.5, 0.6) is 0 Å². The molecule has 0 bridgehead atoms. The molecule has 6 nitrogen and oxygen atoms in total. The lowest BCUT2D eigenvalue weighted by atomic mass is 10.2. The third kappa shape index (κ3) is 2.44. The van der Waals surface area contributed by atoms with E-state index in [2.05, 4.69) is 20.5 Å². The van der Waals surface area contributed by atoms with Gasteiger partial charge in [0.05, 0.1) is 5.69 Å². The lowest BCUT2D eigenvalue weighted by Gasteiger charge is -2.01. The average Bonchev–Trinajstić information content (AvgIpc) is 3.12. The minimum Gasteiger partial charge on any atom is -0.401 e. The van der Waals surface area contributed by atoms with Gasteiger partial charge in [-0.15, -0.1) is 5.10 Å². The van der Waals surface area contributed by atoms with Crippen LogP contribution in [0.4, 0.5) is 11.7 Å². The summed E-state index contributed by atoms with van der Waals surface area (Å²) < 4.78 is 7.70. The lowest BCUT2D eigenvalue weighted by molar-refractivity contribution is 0.584. The molecule has 0 amide bonds. The fourth-order valence-corrected chi connectivity index (χ4v) is 2.50. The number of hydrogen-bond donors (Lipinski definition) is 1. The number of imidazole rings is 1. The van der Waals surface area contributed by atoms with Crippen molar-refractivity contribution in [3.63, 3.8) is 0 Å².